The van der Waals surface area contributed by atoms with Crippen LogP contribution in [0.5, 0.6) is 0 Å². The van der Waals surface area contributed by atoms with E-state index in [1.165, 1.54) is 5.56 Å². The molecule has 6 nitrogen and oxygen atoms in total. The lowest BCUT2D eigenvalue weighted by Crippen LogP contribution is -2.41. The molecule has 1 N–H and O–H groups in total. The second-order valence-electron chi connectivity index (χ2n) is 7.26. The van der Waals surface area contributed by atoms with Crippen LogP contribution in [0.3, 0.4) is 0 Å². The monoisotopic (exact) mass is 368 g/mol. The Balaban J connectivity index is 1.37. The van der Waals surface area contributed by atoms with Crippen LogP contribution < -0.4 is 0 Å². The van der Waals surface area contributed by atoms with E-state index in [0.29, 0.717) is 0 Å². The average molecular weight is 368 g/mol. The Hall–Kier alpha value is -2.15. The lowest BCUT2D eigenvalue weighted by atomic mass is 10.2. The van der Waals surface area contributed by atoms with Gasteiger partial charge in [-0.25, -0.2) is 4.98 Å². The average Bonchev–Trinajstić information content (AvgIpc) is 3.33. The number of aryl methyl sites for hydroxylation is 1. The van der Waals surface area contributed by atoms with Crippen LogP contribution in [0, 0.1) is 6.92 Å². The lowest BCUT2D eigenvalue weighted by Gasteiger charge is -2.29. The van der Waals surface area contributed by atoms with E-state index in [1.54, 1.807) is 6.26 Å². The molecule has 0 aliphatic carbocycles. The smallest absolute Gasteiger partial charge is 0.117 e. The van der Waals surface area contributed by atoms with Crippen LogP contribution in [0.2, 0.25) is 0 Å². The van der Waals surface area contributed by atoms with Crippen LogP contribution in [0.4, 0.5) is 0 Å². The van der Waals surface area contributed by atoms with Gasteiger partial charge in [-0.15, -0.1) is 0 Å². The summed E-state index contributed by atoms with van der Waals surface area (Å²) in [5.41, 5.74) is 3.42. The van der Waals surface area contributed by atoms with Gasteiger partial charge in [0.15, 0.2) is 0 Å². The van der Waals surface area contributed by atoms with Crippen LogP contribution in [0.15, 0.2) is 41.0 Å². The summed E-state index contributed by atoms with van der Waals surface area (Å²) < 4.78 is 11.0. The number of nitrogens with zero attached hydrogens (tertiary/aromatic N) is 3. The van der Waals surface area contributed by atoms with Crippen molar-refractivity contribution in [3.63, 3.8) is 0 Å². The molecule has 27 heavy (non-hydrogen) atoms. The molecule has 0 radical (unpaired) electrons. The molecule has 1 aliphatic rings. The zero-order valence-electron chi connectivity index (χ0n) is 16.0. The number of furan rings is 1. The highest BCUT2D eigenvalue weighted by atomic mass is 16.5. The number of hydrogen-bond donors (Lipinski definition) is 1. The Bertz CT molecular complexity index is 837. The van der Waals surface area contributed by atoms with Crippen molar-refractivity contribution in [2.24, 2.45) is 0 Å². The van der Waals surface area contributed by atoms with E-state index in [9.17, 15) is 0 Å². The Morgan fingerprint density at radius 2 is 2.07 bits per heavy atom. The van der Waals surface area contributed by atoms with Gasteiger partial charge in [0.2, 0.25) is 0 Å². The van der Waals surface area contributed by atoms with Crippen LogP contribution in [-0.2, 0) is 17.7 Å². The highest BCUT2D eigenvalue weighted by Crippen LogP contribution is 2.14. The quantitative estimate of drug-likeness (QED) is 0.663. The zero-order chi connectivity index (χ0) is 18.5. The third kappa shape index (κ3) is 4.97. The number of imidazole rings is 1. The molecule has 1 fully saturated rings. The van der Waals surface area contributed by atoms with Crippen molar-refractivity contribution >= 4 is 11.0 Å². The molecule has 0 atom stereocenters. The number of morpholine rings is 1. The van der Waals surface area contributed by atoms with Gasteiger partial charge in [0.25, 0.3) is 0 Å². The predicted octanol–water partition coefficient (Wildman–Crippen LogP) is 2.84. The van der Waals surface area contributed by atoms with Crippen molar-refractivity contribution in [2.45, 2.75) is 19.9 Å². The zero-order valence-corrected chi connectivity index (χ0v) is 16.0. The molecule has 0 saturated carbocycles. The fourth-order valence-electron chi connectivity index (χ4n) is 3.56. The first-order chi connectivity index (χ1) is 13.3. The van der Waals surface area contributed by atoms with Gasteiger partial charge in [0.1, 0.15) is 11.6 Å². The Morgan fingerprint density at radius 3 is 2.89 bits per heavy atom. The molecule has 3 aromatic rings. The number of aromatic amines is 1. The maximum Gasteiger partial charge on any atom is 0.117 e. The molecule has 0 unspecified atom stereocenters. The van der Waals surface area contributed by atoms with Gasteiger partial charge < -0.3 is 14.1 Å². The van der Waals surface area contributed by atoms with Crippen LogP contribution >= 0.6 is 0 Å². The minimum absolute atomic E-state index is 0.830. The molecule has 3 heterocycles. The molecule has 144 valence electrons. The summed E-state index contributed by atoms with van der Waals surface area (Å²) in [5.74, 6) is 2.06. The summed E-state index contributed by atoms with van der Waals surface area (Å²) >= 11 is 0. The second kappa shape index (κ2) is 8.69. The van der Waals surface area contributed by atoms with E-state index in [1.807, 2.05) is 12.1 Å². The van der Waals surface area contributed by atoms with Crippen LogP contribution in [0.1, 0.15) is 17.1 Å². The highest BCUT2D eigenvalue weighted by molar-refractivity contribution is 5.75. The molecule has 0 bridgehead atoms. The number of nitrogens with one attached hydrogen (secondary N) is 1. The SMILES string of the molecule is Cc1ccc2nc(CCN(CCN3CCOCC3)Cc3ccco3)[nH]c2c1. The van der Waals surface area contributed by atoms with Gasteiger partial charge in [-0.1, -0.05) is 6.07 Å². The second-order valence-corrected chi connectivity index (χ2v) is 7.26. The predicted molar refractivity (Wildman–Crippen MR) is 106 cm³/mol. The maximum atomic E-state index is 5.57. The Kier molecular flexibility index (Phi) is 5.87. The number of H-pyrrole nitrogens is 1. The fourth-order valence-corrected chi connectivity index (χ4v) is 3.56. The molecule has 0 spiro atoms. The van der Waals surface area contributed by atoms with E-state index in [-0.39, 0.29) is 0 Å². The van der Waals surface area contributed by atoms with Crippen molar-refractivity contribution in [3.8, 4) is 0 Å². The van der Waals surface area contributed by atoms with E-state index in [4.69, 9.17) is 14.1 Å². The molecular weight excluding hydrogens is 340 g/mol. The number of rotatable bonds is 8. The lowest BCUT2D eigenvalue weighted by molar-refractivity contribution is 0.0326. The number of fused-ring (bicyclic) bond motifs is 1. The van der Waals surface area contributed by atoms with Gasteiger partial charge in [-0.3, -0.25) is 9.80 Å². The summed E-state index contributed by atoms with van der Waals surface area (Å²) in [5, 5.41) is 0. The van der Waals surface area contributed by atoms with E-state index >= 15 is 0 Å². The summed E-state index contributed by atoms with van der Waals surface area (Å²) in [6.45, 7) is 9.70. The number of aromatic nitrogens is 2. The standard InChI is InChI=1S/C21H28N4O2/c1-17-4-5-19-20(15-17)23-21(22-19)6-7-25(16-18-3-2-12-27-18)9-8-24-10-13-26-14-11-24/h2-5,12,15H,6-11,13-14,16H2,1H3,(H,22,23). The fraction of sp³-hybridized carbons (Fsp3) is 0.476. The number of benzene rings is 1. The van der Waals surface area contributed by atoms with Crippen molar-refractivity contribution in [2.75, 3.05) is 45.9 Å². The molecule has 6 heteroatoms. The van der Waals surface area contributed by atoms with Crippen molar-refractivity contribution in [3.05, 3.63) is 53.7 Å². The van der Waals surface area contributed by atoms with Gasteiger partial charge in [-0.2, -0.15) is 0 Å². The topological polar surface area (TPSA) is 57.5 Å². The maximum absolute atomic E-state index is 5.57. The highest BCUT2D eigenvalue weighted by Gasteiger charge is 2.14. The molecule has 2 aromatic heterocycles. The molecule has 4 rings (SSSR count). The summed E-state index contributed by atoms with van der Waals surface area (Å²) in [4.78, 5) is 13.1. The minimum Gasteiger partial charge on any atom is -0.468 e. The summed E-state index contributed by atoms with van der Waals surface area (Å²) in [6.07, 6.45) is 2.65. The van der Waals surface area contributed by atoms with E-state index in [0.717, 1.165) is 81.5 Å². The van der Waals surface area contributed by atoms with E-state index in [2.05, 4.69) is 39.9 Å². The van der Waals surface area contributed by atoms with Crippen molar-refractivity contribution in [1.29, 1.82) is 0 Å². The normalized spacial score (nSPS) is 15.8. The van der Waals surface area contributed by atoms with Gasteiger partial charge in [0, 0.05) is 39.1 Å². The third-order valence-corrected chi connectivity index (χ3v) is 5.15. The van der Waals surface area contributed by atoms with Crippen molar-refractivity contribution < 1.29 is 9.15 Å². The van der Waals surface area contributed by atoms with E-state index < -0.39 is 0 Å². The van der Waals surface area contributed by atoms with Crippen LogP contribution in [0.25, 0.3) is 11.0 Å². The molecule has 1 saturated heterocycles. The first kappa shape index (κ1) is 18.2. The molecule has 0 amide bonds. The first-order valence-electron chi connectivity index (χ1n) is 9.76. The molecule has 1 aliphatic heterocycles. The number of ether oxygens (including phenoxy) is 1. The Morgan fingerprint density at radius 1 is 1.19 bits per heavy atom. The molecular formula is C21H28N4O2. The number of hydrogen-bond acceptors (Lipinski definition) is 5. The van der Waals surface area contributed by atoms with Crippen molar-refractivity contribution in [1.82, 2.24) is 19.8 Å². The van der Waals surface area contributed by atoms with Gasteiger partial charge >= 0.3 is 0 Å². The minimum atomic E-state index is 0.830. The summed E-state index contributed by atoms with van der Waals surface area (Å²) in [7, 11) is 0. The summed E-state index contributed by atoms with van der Waals surface area (Å²) in [6, 6.07) is 10.4. The Labute approximate surface area is 160 Å². The van der Waals surface area contributed by atoms with Gasteiger partial charge in [-0.05, 0) is 36.8 Å². The third-order valence-electron chi connectivity index (χ3n) is 5.15. The largest absolute Gasteiger partial charge is 0.468 e. The van der Waals surface area contributed by atoms with Crippen LogP contribution in [-0.4, -0.2) is 65.7 Å². The van der Waals surface area contributed by atoms with Gasteiger partial charge in [0.05, 0.1) is 37.1 Å². The first-order valence-corrected chi connectivity index (χ1v) is 9.76. The molecule has 1 aromatic carbocycles.